The average Bonchev–Trinajstić information content (AvgIpc) is 2.89. The predicted molar refractivity (Wildman–Crippen MR) is 108 cm³/mol. The lowest BCUT2D eigenvalue weighted by Crippen LogP contribution is -2.26. The number of fused-ring (bicyclic) bond motifs is 1. The second-order valence-electron chi connectivity index (χ2n) is 6.98. The molecule has 27 heavy (non-hydrogen) atoms. The highest BCUT2D eigenvalue weighted by molar-refractivity contribution is 5.64. The molecule has 0 radical (unpaired) electrons. The van der Waals surface area contributed by atoms with Gasteiger partial charge >= 0.3 is 0 Å². The first kappa shape index (κ1) is 17.7. The quantitative estimate of drug-likeness (QED) is 0.756. The zero-order chi connectivity index (χ0) is 18.6. The Morgan fingerprint density at radius 2 is 1.78 bits per heavy atom. The lowest BCUT2D eigenvalue weighted by atomic mass is 10.0. The van der Waals surface area contributed by atoms with E-state index >= 15 is 0 Å². The van der Waals surface area contributed by atoms with Crippen LogP contribution in [0.4, 0.5) is 5.95 Å². The number of nitrogens with one attached hydrogen (secondary N) is 1. The van der Waals surface area contributed by atoms with Crippen LogP contribution >= 0.6 is 0 Å². The minimum Gasteiger partial charge on any atom is -0.355 e. The van der Waals surface area contributed by atoms with Gasteiger partial charge in [0, 0.05) is 68.7 Å². The van der Waals surface area contributed by atoms with Crippen molar-refractivity contribution in [2.75, 3.05) is 25.0 Å². The molecule has 0 aliphatic carbocycles. The van der Waals surface area contributed by atoms with Crippen LogP contribution in [-0.4, -0.2) is 44.3 Å². The Morgan fingerprint density at radius 3 is 2.52 bits per heavy atom. The first-order chi connectivity index (χ1) is 13.2. The average molecular weight is 362 g/mol. The Balaban J connectivity index is 1.48. The maximum atomic E-state index is 4.82. The number of rotatable bonds is 5. The summed E-state index contributed by atoms with van der Waals surface area (Å²) in [6, 6.07) is 10.6. The van der Waals surface area contributed by atoms with Gasteiger partial charge in [0.15, 0.2) is 0 Å². The van der Waals surface area contributed by atoms with Gasteiger partial charge in [0.1, 0.15) is 0 Å². The lowest BCUT2D eigenvalue weighted by molar-refractivity contribution is 0.277. The molecule has 0 fully saturated rings. The van der Waals surface area contributed by atoms with Crippen molar-refractivity contribution in [3.63, 3.8) is 0 Å². The molecule has 0 amide bonds. The van der Waals surface area contributed by atoms with E-state index in [2.05, 4.69) is 57.6 Å². The molecule has 140 valence electrons. The van der Waals surface area contributed by atoms with Crippen molar-refractivity contribution < 1.29 is 0 Å². The topological polar surface area (TPSA) is 58.9 Å². The Labute approximate surface area is 160 Å². The van der Waals surface area contributed by atoms with Crippen LogP contribution < -0.4 is 5.32 Å². The van der Waals surface area contributed by atoms with E-state index in [1.54, 1.807) is 0 Å². The van der Waals surface area contributed by atoms with Crippen LogP contribution in [0.3, 0.4) is 0 Å². The van der Waals surface area contributed by atoms with Gasteiger partial charge in [-0.15, -0.1) is 0 Å². The van der Waals surface area contributed by atoms with Crippen molar-refractivity contribution in [1.82, 2.24) is 24.6 Å². The molecule has 6 heteroatoms. The van der Waals surface area contributed by atoms with E-state index in [1.807, 2.05) is 24.0 Å². The van der Waals surface area contributed by atoms with Crippen LogP contribution in [-0.2, 0) is 26.4 Å². The molecule has 0 spiro atoms. The molecule has 1 aliphatic heterocycles. The fourth-order valence-electron chi connectivity index (χ4n) is 3.79. The molecule has 0 unspecified atom stereocenters. The van der Waals surface area contributed by atoms with Crippen molar-refractivity contribution >= 4 is 5.95 Å². The molecule has 0 saturated carbocycles. The Bertz CT molecular complexity index is 885. The van der Waals surface area contributed by atoms with Crippen LogP contribution in [0, 0.1) is 0 Å². The summed E-state index contributed by atoms with van der Waals surface area (Å²) in [5.74, 6) is 0.696. The maximum Gasteiger partial charge on any atom is 0.222 e. The summed E-state index contributed by atoms with van der Waals surface area (Å²) in [5.41, 5.74) is 6.28. The van der Waals surface area contributed by atoms with Crippen molar-refractivity contribution in [3.05, 3.63) is 59.5 Å². The number of benzene rings is 1. The van der Waals surface area contributed by atoms with Crippen molar-refractivity contribution in [1.29, 1.82) is 0 Å². The first-order valence-electron chi connectivity index (χ1n) is 9.62. The second kappa shape index (κ2) is 7.88. The van der Waals surface area contributed by atoms with Crippen molar-refractivity contribution in [2.24, 2.45) is 7.05 Å². The maximum absolute atomic E-state index is 4.82. The van der Waals surface area contributed by atoms with Crippen LogP contribution in [0.1, 0.15) is 23.7 Å². The number of anilines is 1. The van der Waals surface area contributed by atoms with E-state index in [0.29, 0.717) is 5.95 Å². The summed E-state index contributed by atoms with van der Waals surface area (Å²) < 4.78 is 2.04. The van der Waals surface area contributed by atoms with Gasteiger partial charge < -0.3 is 5.32 Å². The molecular weight excluding hydrogens is 336 g/mol. The van der Waals surface area contributed by atoms with Gasteiger partial charge in [0.05, 0.1) is 11.4 Å². The number of hydrogen-bond donors (Lipinski definition) is 1. The third-order valence-electron chi connectivity index (χ3n) is 5.06. The Morgan fingerprint density at radius 1 is 1.04 bits per heavy atom. The molecule has 2 aromatic heterocycles. The van der Waals surface area contributed by atoms with Gasteiger partial charge in [0.2, 0.25) is 5.95 Å². The number of aromatic nitrogens is 4. The highest BCUT2D eigenvalue weighted by atomic mass is 15.3. The molecule has 0 atom stereocenters. The fraction of sp³-hybridized carbons (Fsp3) is 0.381. The molecule has 3 aromatic rings. The summed E-state index contributed by atoms with van der Waals surface area (Å²) in [7, 11) is 2.05. The molecule has 1 aromatic carbocycles. The largest absolute Gasteiger partial charge is 0.355 e. The Kier molecular flexibility index (Phi) is 5.16. The minimum absolute atomic E-state index is 0.696. The summed E-state index contributed by atoms with van der Waals surface area (Å²) in [6.45, 7) is 5.79. The molecule has 4 rings (SSSR count). The zero-order valence-electron chi connectivity index (χ0n) is 16.0. The monoisotopic (exact) mass is 362 g/mol. The first-order valence-corrected chi connectivity index (χ1v) is 9.62. The van der Waals surface area contributed by atoms with Gasteiger partial charge in [-0.25, -0.2) is 9.97 Å². The van der Waals surface area contributed by atoms with E-state index in [1.165, 1.54) is 22.5 Å². The summed E-state index contributed by atoms with van der Waals surface area (Å²) in [5, 5.41) is 7.96. The number of hydrogen-bond acceptors (Lipinski definition) is 5. The molecule has 0 saturated heterocycles. The smallest absolute Gasteiger partial charge is 0.222 e. The highest BCUT2D eigenvalue weighted by Gasteiger charge is 2.22. The molecule has 3 heterocycles. The molecule has 6 nitrogen and oxygen atoms in total. The van der Waals surface area contributed by atoms with Gasteiger partial charge in [-0.2, -0.15) is 5.10 Å². The second-order valence-corrected chi connectivity index (χ2v) is 6.98. The standard InChI is InChI=1S/C21H26N6/c1-3-22-21-23-13-16(14-24-21)15-27-11-9-18-19(10-12-27)25-26(2)20(18)17-7-5-4-6-8-17/h4-8,13-14H,3,9-12,15H2,1-2H3,(H,22,23,24). The number of nitrogens with zero attached hydrogens (tertiary/aromatic N) is 5. The molecule has 1 aliphatic rings. The van der Waals surface area contributed by atoms with E-state index in [9.17, 15) is 0 Å². The van der Waals surface area contributed by atoms with Gasteiger partial charge in [0.25, 0.3) is 0 Å². The minimum atomic E-state index is 0.696. The van der Waals surface area contributed by atoms with E-state index in [4.69, 9.17) is 5.10 Å². The van der Waals surface area contributed by atoms with E-state index in [-0.39, 0.29) is 0 Å². The predicted octanol–water partition coefficient (Wildman–Crippen LogP) is 2.91. The normalized spacial score (nSPS) is 14.6. The van der Waals surface area contributed by atoms with Gasteiger partial charge in [-0.1, -0.05) is 30.3 Å². The Hall–Kier alpha value is -2.73. The van der Waals surface area contributed by atoms with Gasteiger partial charge in [-0.3, -0.25) is 9.58 Å². The van der Waals surface area contributed by atoms with Crippen LogP contribution in [0.25, 0.3) is 11.3 Å². The molecule has 1 N–H and O–H groups in total. The van der Waals surface area contributed by atoms with Gasteiger partial charge in [-0.05, 0) is 13.3 Å². The van der Waals surface area contributed by atoms with E-state index in [0.717, 1.165) is 44.6 Å². The third kappa shape index (κ3) is 3.85. The summed E-state index contributed by atoms with van der Waals surface area (Å²) in [4.78, 5) is 11.2. The van der Waals surface area contributed by atoms with Crippen molar-refractivity contribution in [3.8, 4) is 11.3 Å². The summed E-state index contributed by atoms with van der Waals surface area (Å²) >= 11 is 0. The lowest BCUT2D eigenvalue weighted by Gasteiger charge is -2.19. The fourth-order valence-corrected chi connectivity index (χ4v) is 3.79. The van der Waals surface area contributed by atoms with Crippen LogP contribution in [0.2, 0.25) is 0 Å². The number of aryl methyl sites for hydroxylation is 1. The highest BCUT2D eigenvalue weighted by Crippen LogP contribution is 2.28. The summed E-state index contributed by atoms with van der Waals surface area (Å²) in [6.07, 6.45) is 5.85. The SMILES string of the molecule is CCNc1ncc(CN2CCc3nn(C)c(-c4ccccc4)c3CC2)cn1. The van der Waals surface area contributed by atoms with E-state index < -0.39 is 0 Å². The van der Waals surface area contributed by atoms with Crippen LogP contribution in [0.5, 0.6) is 0 Å². The molecule has 0 bridgehead atoms. The molecular formula is C21H26N6. The van der Waals surface area contributed by atoms with Crippen LogP contribution in [0.15, 0.2) is 42.7 Å². The van der Waals surface area contributed by atoms with Crippen molar-refractivity contribution in [2.45, 2.75) is 26.3 Å². The zero-order valence-corrected chi connectivity index (χ0v) is 16.0. The third-order valence-corrected chi connectivity index (χ3v) is 5.06.